The third-order valence-corrected chi connectivity index (χ3v) is 4.98. The molecule has 1 aliphatic heterocycles. The quantitative estimate of drug-likeness (QED) is 0.771. The lowest BCUT2D eigenvalue weighted by atomic mass is 10.00. The first-order chi connectivity index (χ1) is 9.19. The SMILES string of the molecule is CCc1ccc(C(=O)C(C)N2CC3CCC2C3)cc1. The topological polar surface area (TPSA) is 20.3 Å². The average Bonchev–Trinajstić information content (AvgIpc) is 3.08. The minimum atomic E-state index is 0.0442. The van der Waals surface area contributed by atoms with Gasteiger partial charge in [0, 0.05) is 18.2 Å². The van der Waals surface area contributed by atoms with Crippen LogP contribution in [-0.2, 0) is 6.42 Å². The Morgan fingerprint density at radius 2 is 2.05 bits per heavy atom. The Bertz CT molecular complexity index is 465. The second kappa shape index (κ2) is 5.09. The summed E-state index contributed by atoms with van der Waals surface area (Å²) >= 11 is 0. The number of hydrogen-bond donors (Lipinski definition) is 0. The molecule has 0 radical (unpaired) electrons. The van der Waals surface area contributed by atoms with Crippen LogP contribution in [0.5, 0.6) is 0 Å². The van der Waals surface area contributed by atoms with Gasteiger partial charge in [0.2, 0.25) is 0 Å². The van der Waals surface area contributed by atoms with Crippen molar-refractivity contribution in [3.8, 4) is 0 Å². The van der Waals surface area contributed by atoms with E-state index < -0.39 is 0 Å². The monoisotopic (exact) mass is 257 g/mol. The van der Waals surface area contributed by atoms with Crippen LogP contribution in [0.4, 0.5) is 0 Å². The van der Waals surface area contributed by atoms with Crippen LogP contribution in [0, 0.1) is 5.92 Å². The second-order valence-corrected chi connectivity index (χ2v) is 6.12. The summed E-state index contributed by atoms with van der Waals surface area (Å²) in [5, 5.41) is 0. The van der Waals surface area contributed by atoms with Crippen LogP contribution in [0.3, 0.4) is 0 Å². The number of benzene rings is 1. The van der Waals surface area contributed by atoms with Crippen LogP contribution in [0.2, 0.25) is 0 Å². The number of carbonyl (C=O) groups is 1. The molecule has 0 aromatic heterocycles. The Labute approximate surface area is 115 Å². The van der Waals surface area contributed by atoms with Crippen molar-refractivity contribution in [2.24, 2.45) is 5.92 Å². The maximum atomic E-state index is 12.6. The molecule has 0 amide bonds. The molecule has 1 saturated heterocycles. The molecule has 3 unspecified atom stereocenters. The van der Waals surface area contributed by atoms with Gasteiger partial charge in [-0.05, 0) is 44.1 Å². The summed E-state index contributed by atoms with van der Waals surface area (Å²) in [6.45, 7) is 5.35. The first-order valence-corrected chi connectivity index (χ1v) is 7.58. The maximum Gasteiger partial charge on any atom is 0.179 e. The predicted molar refractivity (Wildman–Crippen MR) is 77.4 cm³/mol. The molecule has 19 heavy (non-hydrogen) atoms. The van der Waals surface area contributed by atoms with Crippen molar-refractivity contribution in [1.29, 1.82) is 0 Å². The normalized spacial score (nSPS) is 27.7. The molecule has 0 N–H and O–H groups in total. The summed E-state index contributed by atoms with van der Waals surface area (Å²) in [6.07, 6.45) is 5.00. The largest absolute Gasteiger partial charge is 0.292 e. The molecule has 1 saturated carbocycles. The van der Waals surface area contributed by atoms with Gasteiger partial charge < -0.3 is 0 Å². The number of ketones is 1. The first kappa shape index (κ1) is 12.9. The van der Waals surface area contributed by atoms with E-state index in [9.17, 15) is 4.79 Å². The molecular formula is C17H23NO. The summed E-state index contributed by atoms with van der Waals surface area (Å²) in [6, 6.07) is 8.85. The number of hydrogen-bond acceptors (Lipinski definition) is 2. The minimum Gasteiger partial charge on any atom is -0.292 e. The van der Waals surface area contributed by atoms with Gasteiger partial charge in [-0.1, -0.05) is 31.2 Å². The van der Waals surface area contributed by atoms with E-state index in [0.717, 1.165) is 24.4 Å². The van der Waals surface area contributed by atoms with Gasteiger partial charge in [0.25, 0.3) is 0 Å². The van der Waals surface area contributed by atoms with Crippen LogP contribution in [0.15, 0.2) is 24.3 Å². The Kier molecular flexibility index (Phi) is 3.44. The number of rotatable bonds is 4. The highest BCUT2D eigenvalue weighted by molar-refractivity contribution is 5.99. The molecule has 1 aliphatic carbocycles. The number of Topliss-reactive ketones (excluding diaryl/α,β-unsaturated/α-hetero) is 1. The van der Waals surface area contributed by atoms with Gasteiger partial charge in [-0.3, -0.25) is 9.69 Å². The van der Waals surface area contributed by atoms with Crippen LogP contribution < -0.4 is 0 Å². The Hall–Kier alpha value is -1.15. The van der Waals surface area contributed by atoms with Crippen LogP contribution in [0.1, 0.15) is 49.0 Å². The molecule has 102 valence electrons. The van der Waals surface area contributed by atoms with Crippen LogP contribution >= 0.6 is 0 Å². The Morgan fingerprint density at radius 1 is 1.32 bits per heavy atom. The predicted octanol–water partition coefficient (Wildman–Crippen LogP) is 3.30. The van der Waals surface area contributed by atoms with E-state index in [1.165, 1.54) is 24.8 Å². The third-order valence-electron chi connectivity index (χ3n) is 4.98. The lowest BCUT2D eigenvalue weighted by Crippen LogP contribution is -2.43. The fraction of sp³-hybridized carbons (Fsp3) is 0.588. The Balaban J connectivity index is 1.72. The van der Waals surface area contributed by atoms with E-state index in [1.807, 2.05) is 12.1 Å². The lowest BCUT2D eigenvalue weighted by molar-refractivity contribution is 0.0787. The highest BCUT2D eigenvalue weighted by atomic mass is 16.1. The molecule has 1 aromatic rings. The number of carbonyl (C=O) groups excluding carboxylic acids is 1. The average molecular weight is 257 g/mol. The molecule has 2 fully saturated rings. The van der Waals surface area contributed by atoms with Crippen molar-refractivity contribution in [1.82, 2.24) is 4.90 Å². The van der Waals surface area contributed by atoms with E-state index in [0.29, 0.717) is 6.04 Å². The van der Waals surface area contributed by atoms with Crippen molar-refractivity contribution < 1.29 is 4.79 Å². The van der Waals surface area contributed by atoms with Gasteiger partial charge >= 0.3 is 0 Å². The summed E-state index contributed by atoms with van der Waals surface area (Å²) in [5.74, 6) is 1.14. The first-order valence-electron chi connectivity index (χ1n) is 7.58. The maximum absolute atomic E-state index is 12.6. The highest BCUT2D eigenvalue weighted by Crippen LogP contribution is 2.38. The summed E-state index contributed by atoms with van der Waals surface area (Å²) in [4.78, 5) is 15.0. The third kappa shape index (κ3) is 2.34. The number of aryl methyl sites for hydroxylation is 1. The number of nitrogens with zero attached hydrogens (tertiary/aromatic N) is 1. The second-order valence-electron chi connectivity index (χ2n) is 6.12. The number of piperidine rings is 1. The van der Waals surface area contributed by atoms with E-state index >= 15 is 0 Å². The van der Waals surface area contributed by atoms with Gasteiger partial charge in [0.1, 0.15) is 0 Å². The molecule has 1 aromatic carbocycles. The van der Waals surface area contributed by atoms with Gasteiger partial charge in [0.05, 0.1) is 6.04 Å². The van der Waals surface area contributed by atoms with Crippen molar-refractivity contribution >= 4 is 5.78 Å². The molecule has 3 rings (SSSR count). The number of likely N-dealkylation sites (tertiary alicyclic amines) is 1. The molecular weight excluding hydrogens is 234 g/mol. The zero-order chi connectivity index (χ0) is 13.4. The van der Waals surface area contributed by atoms with E-state index in [2.05, 4.69) is 30.9 Å². The summed E-state index contributed by atoms with van der Waals surface area (Å²) < 4.78 is 0. The smallest absolute Gasteiger partial charge is 0.179 e. The standard InChI is InChI=1S/C17H23NO/c1-3-13-4-7-15(8-5-13)17(19)12(2)18-11-14-6-9-16(18)10-14/h4-5,7-8,12,14,16H,3,6,9-11H2,1-2H3. The molecule has 2 nitrogen and oxygen atoms in total. The lowest BCUT2D eigenvalue weighted by Gasteiger charge is -2.31. The van der Waals surface area contributed by atoms with E-state index in [1.54, 1.807) is 0 Å². The number of fused-ring (bicyclic) bond motifs is 2. The van der Waals surface area contributed by atoms with Gasteiger partial charge in [-0.25, -0.2) is 0 Å². The Morgan fingerprint density at radius 3 is 2.58 bits per heavy atom. The summed E-state index contributed by atoms with van der Waals surface area (Å²) in [5.41, 5.74) is 2.16. The molecule has 2 bridgehead atoms. The van der Waals surface area contributed by atoms with Crippen molar-refractivity contribution in [2.45, 2.75) is 51.6 Å². The van der Waals surface area contributed by atoms with E-state index in [-0.39, 0.29) is 11.8 Å². The van der Waals surface area contributed by atoms with E-state index in [4.69, 9.17) is 0 Å². The van der Waals surface area contributed by atoms with Crippen molar-refractivity contribution in [3.63, 3.8) is 0 Å². The van der Waals surface area contributed by atoms with Crippen LogP contribution in [0.25, 0.3) is 0 Å². The minimum absolute atomic E-state index is 0.0442. The zero-order valence-corrected chi connectivity index (χ0v) is 11.9. The van der Waals surface area contributed by atoms with Gasteiger partial charge in [0.15, 0.2) is 5.78 Å². The molecule has 3 atom stereocenters. The fourth-order valence-electron chi connectivity index (χ4n) is 3.73. The zero-order valence-electron chi connectivity index (χ0n) is 11.9. The van der Waals surface area contributed by atoms with Gasteiger partial charge in [-0.2, -0.15) is 0 Å². The highest BCUT2D eigenvalue weighted by Gasteiger charge is 2.41. The summed E-state index contributed by atoms with van der Waals surface area (Å²) in [7, 11) is 0. The molecule has 2 heteroatoms. The fourth-order valence-corrected chi connectivity index (χ4v) is 3.73. The van der Waals surface area contributed by atoms with Crippen LogP contribution in [-0.4, -0.2) is 29.3 Å². The van der Waals surface area contributed by atoms with Crippen molar-refractivity contribution in [3.05, 3.63) is 35.4 Å². The molecule has 2 aliphatic rings. The van der Waals surface area contributed by atoms with Gasteiger partial charge in [-0.15, -0.1) is 0 Å². The van der Waals surface area contributed by atoms with Crippen molar-refractivity contribution in [2.75, 3.05) is 6.54 Å². The molecule has 0 spiro atoms. The molecule has 1 heterocycles.